The molecule has 0 aromatic heterocycles. The van der Waals surface area contributed by atoms with Crippen LogP contribution in [0.4, 0.5) is 5.69 Å². The molecule has 0 spiro atoms. The molecule has 0 aliphatic carbocycles. The third-order valence-electron chi connectivity index (χ3n) is 3.01. The molecular weight excluding hydrogens is 248 g/mol. The number of ether oxygens (including phenoxy) is 1. The van der Waals surface area contributed by atoms with Crippen LogP contribution in [0, 0.1) is 0 Å². The molecule has 3 heteroatoms. The Morgan fingerprint density at radius 2 is 1.95 bits per heavy atom. The maximum absolute atomic E-state index is 5.34. The summed E-state index contributed by atoms with van der Waals surface area (Å²) >= 11 is 0. The first-order chi connectivity index (χ1) is 9.83. The number of allylic oxidation sites excluding steroid dienone is 1. The third-order valence-corrected chi connectivity index (χ3v) is 3.01. The van der Waals surface area contributed by atoms with Crippen LogP contribution in [-0.4, -0.2) is 7.11 Å². The molecule has 3 nitrogen and oxygen atoms in total. The van der Waals surface area contributed by atoms with Gasteiger partial charge in [-0.2, -0.15) is 0 Å². The van der Waals surface area contributed by atoms with Gasteiger partial charge in [-0.1, -0.05) is 36.4 Å². The van der Waals surface area contributed by atoms with Crippen LogP contribution in [0.1, 0.15) is 11.1 Å². The summed E-state index contributed by atoms with van der Waals surface area (Å²) in [5.74, 6) is 0.907. The van der Waals surface area contributed by atoms with E-state index in [0.717, 1.165) is 30.0 Å². The molecule has 104 valence electrons. The van der Waals surface area contributed by atoms with Gasteiger partial charge >= 0.3 is 0 Å². The van der Waals surface area contributed by atoms with E-state index in [0.29, 0.717) is 0 Å². The van der Waals surface area contributed by atoms with Crippen molar-refractivity contribution in [2.75, 3.05) is 12.5 Å². The molecule has 0 amide bonds. The Morgan fingerprint density at radius 3 is 2.65 bits per heavy atom. The SMILES string of the molecule is C=CCc1cc(CNNc2ccccc2)ccc1OC. The minimum atomic E-state index is 0.739. The van der Waals surface area contributed by atoms with E-state index in [1.54, 1.807) is 7.11 Å². The summed E-state index contributed by atoms with van der Waals surface area (Å²) in [5, 5.41) is 0. The van der Waals surface area contributed by atoms with Crippen molar-refractivity contribution >= 4 is 5.69 Å². The average molecular weight is 268 g/mol. The van der Waals surface area contributed by atoms with E-state index in [9.17, 15) is 0 Å². The van der Waals surface area contributed by atoms with Crippen LogP contribution in [0.5, 0.6) is 5.75 Å². The van der Waals surface area contributed by atoms with Crippen molar-refractivity contribution in [3.05, 3.63) is 72.3 Å². The molecular formula is C17H20N2O. The lowest BCUT2D eigenvalue weighted by molar-refractivity contribution is 0.410. The lowest BCUT2D eigenvalue weighted by atomic mass is 10.1. The number of nitrogens with one attached hydrogen (secondary N) is 2. The summed E-state index contributed by atoms with van der Waals surface area (Å²) in [6.45, 7) is 4.52. The molecule has 0 saturated carbocycles. The number of hydrogen-bond donors (Lipinski definition) is 2. The van der Waals surface area contributed by atoms with Gasteiger partial charge < -0.3 is 10.2 Å². The largest absolute Gasteiger partial charge is 0.496 e. The van der Waals surface area contributed by atoms with Crippen LogP contribution in [0.3, 0.4) is 0 Å². The molecule has 2 rings (SSSR count). The van der Waals surface area contributed by atoms with Gasteiger partial charge in [-0.3, -0.25) is 0 Å². The van der Waals surface area contributed by atoms with Gasteiger partial charge in [0.25, 0.3) is 0 Å². The molecule has 2 aromatic rings. The first-order valence-corrected chi connectivity index (χ1v) is 6.64. The molecule has 0 atom stereocenters. The van der Waals surface area contributed by atoms with Crippen LogP contribution in [0.25, 0.3) is 0 Å². The second-order valence-corrected chi connectivity index (χ2v) is 4.48. The van der Waals surface area contributed by atoms with Gasteiger partial charge in [0.05, 0.1) is 7.11 Å². The molecule has 0 bridgehead atoms. The summed E-state index contributed by atoms with van der Waals surface area (Å²) in [5.41, 5.74) is 9.78. The van der Waals surface area contributed by atoms with E-state index in [-0.39, 0.29) is 0 Å². The highest BCUT2D eigenvalue weighted by Crippen LogP contribution is 2.20. The predicted octanol–water partition coefficient (Wildman–Crippen LogP) is 3.54. The molecule has 0 radical (unpaired) electrons. The van der Waals surface area contributed by atoms with Crippen molar-refractivity contribution in [2.45, 2.75) is 13.0 Å². The van der Waals surface area contributed by atoms with Crippen LogP contribution in [0.15, 0.2) is 61.2 Å². The third kappa shape index (κ3) is 3.87. The Kier molecular flexibility index (Phi) is 5.21. The van der Waals surface area contributed by atoms with Crippen LogP contribution < -0.4 is 15.6 Å². The van der Waals surface area contributed by atoms with Crippen molar-refractivity contribution in [1.82, 2.24) is 5.43 Å². The lowest BCUT2D eigenvalue weighted by Crippen LogP contribution is -2.20. The Bertz CT molecular complexity index is 552. The molecule has 0 heterocycles. The molecule has 0 aliphatic rings. The Labute approximate surface area is 120 Å². The zero-order valence-corrected chi connectivity index (χ0v) is 11.7. The van der Waals surface area contributed by atoms with Gasteiger partial charge in [0.2, 0.25) is 0 Å². The number of para-hydroxylation sites is 1. The average Bonchev–Trinajstić information content (AvgIpc) is 2.49. The molecule has 2 N–H and O–H groups in total. The summed E-state index contributed by atoms with van der Waals surface area (Å²) in [6, 6.07) is 16.2. The van der Waals surface area contributed by atoms with E-state index < -0.39 is 0 Å². The maximum atomic E-state index is 5.34. The minimum absolute atomic E-state index is 0.739. The first-order valence-electron chi connectivity index (χ1n) is 6.64. The van der Waals surface area contributed by atoms with E-state index in [1.165, 1.54) is 5.56 Å². The first kappa shape index (κ1) is 14.2. The molecule has 0 unspecified atom stereocenters. The van der Waals surface area contributed by atoms with Gasteiger partial charge in [0, 0.05) is 12.2 Å². The van der Waals surface area contributed by atoms with Crippen molar-refractivity contribution in [2.24, 2.45) is 0 Å². The zero-order chi connectivity index (χ0) is 14.2. The van der Waals surface area contributed by atoms with Crippen molar-refractivity contribution in [1.29, 1.82) is 0 Å². The van der Waals surface area contributed by atoms with Crippen molar-refractivity contribution in [3.8, 4) is 5.75 Å². The molecule has 0 aliphatic heterocycles. The topological polar surface area (TPSA) is 33.3 Å². The minimum Gasteiger partial charge on any atom is -0.496 e. The van der Waals surface area contributed by atoms with Crippen LogP contribution in [0.2, 0.25) is 0 Å². The normalized spacial score (nSPS) is 10.1. The van der Waals surface area contributed by atoms with Gasteiger partial charge in [0.15, 0.2) is 0 Å². The standard InChI is InChI=1S/C17H20N2O/c1-3-7-15-12-14(10-11-17(15)20-2)13-18-19-16-8-5-4-6-9-16/h3-6,8-12,18-19H,1,7,13H2,2H3. The number of methoxy groups -OCH3 is 1. The second kappa shape index (κ2) is 7.36. The Morgan fingerprint density at radius 1 is 1.15 bits per heavy atom. The number of benzene rings is 2. The van der Waals surface area contributed by atoms with E-state index >= 15 is 0 Å². The van der Waals surface area contributed by atoms with Gasteiger partial charge in [-0.05, 0) is 35.7 Å². The van der Waals surface area contributed by atoms with Crippen molar-refractivity contribution in [3.63, 3.8) is 0 Å². The van der Waals surface area contributed by atoms with Crippen LogP contribution >= 0.6 is 0 Å². The maximum Gasteiger partial charge on any atom is 0.122 e. The lowest BCUT2D eigenvalue weighted by Gasteiger charge is -2.11. The number of rotatable bonds is 7. The highest BCUT2D eigenvalue weighted by molar-refractivity contribution is 5.42. The number of hydrazine groups is 1. The predicted molar refractivity (Wildman–Crippen MR) is 83.8 cm³/mol. The smallest absolute Gasteiger partial charge is 0.122 e. The summed E-state index contributed by atoms with van der Waals surface area (Å²) < 4.78 is 5.34. The molecule has 0 saturated heterocycles. The highest BCUT2D eigenvalue weighted by Gasteiger charge is 2.02. The highest BCUT2D eigenvalue weighted by atomic mass is 16.5. The van der Waals surface area contributed by atoms with E-state index in [4.69, 9.17) is 4.74 Å². The summed E-state index contributed by atoms with van der Waals surface area (Å²) in [4.78, 5) is 0. The fourth-order valence-electron chi connectivity index (χ4n) is 2.03. The summed E-state index contributed by atoms with van der Waals surface area (Å²) in [7, 11) is 1.69. The van der Waals surface area contributed by atoms with Crippen LogP contribution in [-0.2, 0) is 13.0 Å². The zero-order valence-electron chi connectivity index (χ0n) is 11.7. The monoisotopic (exact) mass is 268 g/mol. The quantitative estimate of drug-likeness (QED) is 0.595. The summed E-state index contributed by atoms with van der Waals surface area (Å²) in [6.07, 6.45) is 2.69. The Balaban J connectivity index is 1.95. The number of hydrogen-bond acceptors (Lipinski definition) is 3. The molecule has 20 heavy (non-hydrogen) atoms. The van der Waals surface area contributed by atoms with E-state index in [1.807, 2.05) is 42.5 Å². The second-order valence-electron chi connectivity index (χ2n) is 4.48. The van der Waals surface area contributed by atoms with E-state index in [2.05, 4.69) is 29.6 Å². The van der Waals surface area contributed by atoms with Gasteiger partial charge in [-0.25, -0.2) is 5.43 Å². The fraction of sp³-hybridized carbons (Fsp3) is 0.176. The Hall–Kier alpha value is -2.26. The van der Waals surface area contributed by atoms with Gasteiger partial charge in [0.1, 0.15) is 5.75 Å². The molecule has 2 aromatic carbocycles. The molecule has 0 fully saturated rings. The fourth-order valence-corrected chi connectivity index (χ4v) is 2.03. The van der Waals surface area contributed by atoms with Crippen molar-refractivity contribution < 1.29 is 4.74 Å². The van der Waals surface area contributed by atoms with Gasteiger partial charge in [-0.15, -0.1) is 6.58 Å². The number of anilines is 1.